The van der Waals surface area contributed by atoms with E-state index in [2.05, 4.69) is 9.97 Å². The number of carbonyl (C=O) groups excluding carboxylic acids is 2. The molecule has 2 heterocycles. The van der Waals surface area contributed by atoms with Gasteiger partial charge in [-0.1, -0.05) is 0 Å². The Hall–Kier alpha value is -1.98. The van der Waals surface area contributed by atoms with E-state index in [0.717, 1.165) is 24.4 Å². The van der Waals surface area contributed by atoms with E-state index >= 15 is 0 Å². The summed E-state index contributed by atoms with van der Waals surface area (Å²) in [6.07, 6.45) is 5.27. The van der Waals surface area contributed by atoms with E-state index in [4.69, 9.17) is 4.74 Å². The van der Waals surface area contributed by atoms with Gasteiger partial charge < -0.3 is 9.64 Å². The number of esters is 1. The fourth-order valence-corrected chi connectivity index (χ4v) is 2.98. The van der Waals surface area contributed by atoms with E-state index in [1.807, 2.05) is 13.8 Å². The molecule has 6 nitrogen and oxygen atoms in total. The first-order valence-corrected chi connectivity index (χ1v) is 8.39. The summed E-state index contributed by atoms with van der Waals surface area (Å²) in [4.78, 5) is 35.0. The molecule has 1 saturated heterocycles. The maximum absolute atomic E-state index is 12.6. The van der Waals surface area contributed by atoms with Crippen molar-refractivity contribution >= 4 is 11.9 Å². The third-order valence-electron chi connectivity index (χ3n) is 4.57. The molecule has 1 aromatic heterocycles. The number of carbonyl (C=O) groups is 2. The first kappa shape index (κ1) is 15.9. The van der Waals surface area contributed by atoms with E-state index in [0.29, 0.717) is 44.0 Å². The minimum atomic E-state index is -0.145. The van der Waals surface area contributed by atoms with Crippen LogP contribution in [0.3, 0.4) is 0 Å². The minimum Gasteiger partial charge on any atom is -0.466 e. The molecule has 2 fully saturated rings. The van der Waals surface area contributed by atoms with Crippen LogP contribution in [-0.2, 0) is 9.53 Å². The van der Waals surface area contributed by atoms with E-state index < -0.39 is 0 Å². The summed E-state index contributed by atoms with van der Waals surface area (Å²) < 4.78 is 5.06. The Morgan fingerprint density at radius 1 is 1.26 bits per heavy atom. The number of rotatable bonds is 4. The molecule has 0 unspecified atom stereocenters. The van der Waals surface area contributed by atoms with Crippen LogP contribution < -0.4 is 0 Å². The zero-order chi connectivity index (χ0) is 16.4. The fraction of sp³-hybridized carbons (Fsp3) is 0.647. The summed E-state index contributed by atoms with van der Waals surface area (Å²) in [5, 5.41) is 0. The highest BCUT2D eigenvalue weighted by Crippen LogP contribution is 2.38. The van der Waals surface area contributed by atoms with Crippen LogP contribution >= 0.6 is 0 Å². The number of aromatic nitrogens is 2. The molecule has 1 aromatic rings. The number of amides is 1. The van der Waals surface area contributed by atoms with E-state index in [9.17, 15) is 9.59 Å². The van der Waals surface area contributed by atoms with Crippen molar-refractivity contribution in [1.29, 1.82) is 0 Å². The monoisotopic (exact) mass is 317 g/mol. The summed E-state index contributed by atoms with van der Waals surface area (Å²) in [6, 6.07) is 0. The molecule has 0 N–H and O–H groups in total. The molecule has 23 heavy (non-hydrogen) atoms. The van der Waals surface area contributed by atoms with E-state index in [-0.39, 0.29) is 17.8 Å². The molecule has 1 saturated carbocycles. The number of hydrogen-bond donors (Lipinski definition) is 0. The summed E-state index contributed by atoms with van der Waals surface area (Å²) in [5.74, 6) is 1.08. The average molecular weight is 317 g/mol. The molecule has 2 aliphatic rings. The first-order valence-electron chi connectivity index (χ1n) is 8.39. The lowest BCUT2D eigenvalue weighted by atomic mass is 9.96. The van der Waals surface area contributed by atoms with Crippen LogP contribution in [0.25, 0.3) is 0 Å². The number of piperidine rings is 1. The van der Waals surface area contributed by atoms with Crippen LogP contribution in [0, 0.1) is 12.8 Å². The minimum absolute atomic E-state index is 0.0350. The van der Waals surface area contributed by atoms with Crippen LogP contribution in [-0.4, -0.2) is 46.4 Å². The maximum atomic E-state index is 12.6. The molecule has 0 radical (unpaired) electrons. The quantitative estimate of drug-likeness (QED) is 0.795. The topological polar surface area (TPSA) is 72.4 Å². The molecular formula is C17H23N3O3. The smallest absolute Gasteiger partial charge is 0.309 e. The zero-order valence-corrected chi connectivity index (χ0v) is 13.7. The van der Waals surface area contributed by atoms with Gasteiger partial charge in [0, 0.05) is 25.2 Å². The SMILES string of the molecule is CCOC(=O)C1CCN(C(=O)c2cnc(C3CC3)nc2C)CC1. The number of likely N-dealkylation sites (tertiary alicyclic amines) is 1. The highest BCUT2D eigenvalue weighted by molar-refractivity contribution is 5.95. The summed E-state index contributed by atoms with van der Waals surface area (Å²) in [5.41, 5.74) is 1.32. The van der Waals surface area contributed by atoms with Gasteiger partial charge in [-0.05, 0) is 39.5 Å². The molecule has 1 aliphatic carbocycles. The van der Waals surface area contributed by atoms with Crippen molar-refractivity contribution in [1.82, 2.24) is 14.9 Å². The van der Waals surface area contributed by atoms with Crippen LogP contribution in [0.2, 0.25) is 0 Å². The predicted molar refractivity (Wildman–Crippen MR) is 84.0 cm³/mol. The van der Waals surface area contributed by atoms with Gasteiger partial charge in [0.05, 0.1) is 23.8 Å². The van der Waals surface area contributed by atoms with Crippen LogP contribution in [0.1, 0.15) is 60.4 Å². The molecule has 124 valence electrons. The van der Waals surface area contributed by atoms with Crippen molar-refractivity contribution in [3.63, 3.8) is 0 Å². The van der Waals surface area contributed by atoms with Crippen LogP contribution in [0.15, 0.2) is 6.20 Å². The summed E-state index contributed by atoms with van der Waals surface area (Å²) in [7, 11) is 0. The molecular weight excluding hydrogens is 294 g/mol. The van der Waals surface area contributed by atoms with Crippen molar-refractivity contribution in [2.75, 3.05) is 19.7 Å². The lowest BCUT2D eigenvalue weighted by Crippen LogP contribution is -2.41. The normalized spacial score (nSPS) is 18.8. The number of hydrogen-bond acceptors (Lipinski definition) is 5. The van der Waals surface area contributed by atoms with Gasteiger partial charge in [-0.25, -0.2) is 9.97 Å². The molecule has 1 aliphatic heterocycles. The Kier molecular flexibility index (Phi) is 4.59. The lowest BCUT2D eigenvalue weighted by Gasteiger charge is -2.31. The molecule has 0 atom stereocenters. The first-order chi connectivity index (χ1) is 11.1. The van der Waals surface area contributed by atoms with Gasteiger partial charge in [-0.15, -0.1) is 0 Å². The van der Waals surface area contributed by atoms with Crippen molar-refractivity contribution in [2.45, 2.75) is 45.4 Å². The molecule has 3 rings (SSSR count). The second kappa shape index (κ2) is 6.64. The maximum Gasteiger partial charge on any atom is 0.309 e. The number of aryl methyl sites for hydroxylation is 1. The highest BCUT2D eigenvalue weighted by atomic mass is 16.5. The third-order valence-corrected chi connectivity index (χ3v) is 4.57. The third kappa shape index (κ3) is 3.51. The van der Waals surface area contributed by atoms with Crippen molar-refractivity contribution in [3.8, 4) is 0 Å². The molecule has 0 bridgehead atoms. The van der Waals surface area contributed by atoms with Gasteiger partial charge >= 0.3 is 5.97 Å². The van der Waals surface area contributed by atoms with Gasteiger partial charge in [-0.2, -0.15) is 0 Å². The van der Waals surface area contributed by atoms with Crippen molar-refractivity contribution in [2.24, 2.45) is 5.92 Å². The fourth-order valence-electron chi connectivity index (χ4n) is 2.98. The predicted octanol–water partition coefficient (Wildman–Crippen LogP) is 2.08. The second-order valence-electron chi connectivity index (χ2n) is 6.32. The Bertz CT molecular complexity index is 605. The van der Waals surface area contributed by atoms with E-state index in [1.54, 1.807) is 11.1 Å². The largest absolute Gasteiger partial charge is 0.466 e. The Morgan fingerprint density at radius 3 is 2.52 bits per heavy atom. The van der Waals surface area contributed by atoms with Gasteiger partial charge in [0.2, 0.25) is 0 Å². The number of ether oxygens (including phenoxy) is 1. The Labute approximate surface area is 136 Å². The average Bonchev–Trinajstić information content (AvgIpc) is 3.39. The van der Waals surface area contributed by atoms with Gasteiger partial charge in [-0.3, -0.25) is 9.59 Å². The standard InChI is InChI=1S/C17H23N3O3/c1-3-23-17(22)13-6-8-20(9-7-13)16(21)14-10-18-15(12-4-5-12)19-11(14)2/h10,12-13H,3-9H2,1-2H3. The molecule has 6 heteroatoms. The lowest BCUT2D eigenvalue weighted by molar-refractivity contribution is -0.149. The van der Waals surface area contributed by atoms with Crippen molar-refractivity contribution in [3.05, 3.63) is 23.3 Å². The van der Waals surface area contributed by atoms with Gasteiger partial charge in [0.1, 0.15) is 5.82 Å². The Balaban J connectivity index is 1.62. The molecule has 0 spiro atoms. The van der Waals surface area contributed by atoms with Crippen molar-refractivity contribution < 1.29 is 14.3 Å². The molecule has 1 amide bonds. The summed E-state index contributed by atoms with van der Waals surface area (Å²) in [6.45, 7) is 5.23. The highest BCUT2D eigenvalue weighted by Gasteiger charge is 2.31. The van der Waals surface area contributed by atoms with Crippen LogP contribution in [0.5, 0.6) is 0 Å². The Morgan fingerprint density at radius 2 is 1.96 bits per heavy atom. The van der Waals surface area contributed by atoms with Gasteiger partial charge in [0.15, 0.2) is 0 Å². The summed E-state index contributed by atoms with van der Waals surface area (Å²) >= 11 is 0. The second-order valence-corrected chi connectivity index (χ2v) is 6.32. The van der Waals surface area contributed by atoms with E-state index in [1.165, 1.54) is 0 Å². The van der Waals surface area contributed by atoms with Crippen LogP contribution in [0.4, 0.5) is 0 Å². The molecule has 0 aromatic carbocycles. The van der Waals surface area contributed by atoms with Gasteiger partial charge in [0.25, 0.3) is 5.91 Å². The zero-order valence-electron chi connectivity index (χ0n) is 13.7. The number of nitrogens with zero attached hydrogens (tertiary/aromatic N) is 3.